The Balaban J connectivity index is 2.45. The molecule has 0 aliphatic rings. The average Bonchev–Trinajstić information content (AvgIpc) is 2.79. The Morgan fingerprint density at radius 1 is 1.31 bits per heavy atom. The van der Waals surface area contributed by atoms with Gasteiger partial charge in [-0.05, 0) is 18.2 Å². The molecular weight excluding hydrogens is 231 g/mol. The maximum absolute atomic E-state index is 13.8. The maximum atomic E-state index is 13.8. The summed E-state index contributed by atoms with van der Waals surface area (Å²) in [5, 5.41) is 0.0595. The average molecular weight is 241 g/mol. The van der Waals surface area contributed by atoms with Crippen molar-refractivity contribution in [3.63, 3.8) is 0 Å². The van der Waals surface area contributed by atoms with Gasteiger partial charge in [-0.1, -0.05) is 23.7 Å². The van der Waals surface area contributed by atoms with Gasteiger partial charge in [-0.25, -0.2) is 9.82 Å². The first-order valence-corrected chi connectivity index (χ1v) is 5.05. The van der Waals surface area contributed by atoms with Crippen molar-refractivity contribution in [1.29, 1.82) is 0 Å². The van der Waals surface area contributed by atoms with Gasteiger partial charge >= 0.3 is 0 Å². The van der Waals surface area contributed by atoms with E-state index in [9.17, 15) is 4.39 Å². The van der Waals surface area contributed by atoms with Crippen molar-refractivity contribution in [2.75, 3.05) is 0 Å². The summed E-state index contributed by atoms with van der Waals surface area (Å²) < 4.78 is 18.9. The van der Waals surface area contributed by atoms with Gasteiger partial charge in [0.05, 0.1) is 11.3 Å². The Kier molecular flexibility index (Phi) is 3.24. The molecule has 1 atom stereocenters. The van der Waals surface area contributed by atoms with Crippen molar-refractivity contribution in [1.82, 2.24) is 5.43 Å². The van der Waals surface area contributed by atoms with Gasteiger partial charge in [-0.15, -0.1) is 0 Å². The van der Waals surface area contributed by atoms with Crippen LogP contribution in [0.3, 0.4) is 0 Å². The molecule has 16 heavy (non-hydrogen) atoms. The quantitative estimate of drug-likeness (QED) is 0.641. The standard InChI is InChI=1S/C11H10ClFN2O/c12-8-4-1-3-7(10(8)13)11(15-14)9-5-2-6-16-9/h1-6,11,15H,14H2. The van der Waals surface area contributed by atoms with E-state index in [0.717, 1.165) is 0 Å². The van der Waals surface area contributed by atoms with E-state index in [4.69, 9.17) is 21.9 Å². The molecular formula is C11H10ClFN2O. The Labute approximate surface area is 97.0 Å². The van der Waals surface area contributed by atoms with Crippen molar-refractivity contribution < 1.29 is 8.81 Å². The van der Waals surface area contributed by atoms with Crippen molar-refractivity contribution in [3.8, 4) is 0 Å². The SMILES string of the molecule is NNC(c1ccco1)c1cccc(Cl)c1F. The molecule has 0 fully saturated rings. The molecule has 0 saturated heterocycles. The van der Waals surface area contributed by atoms with Gasteiger partial charge in [0.15, 0.2) is 0 Å². The van der Waals surface area contributed by atoms with Crippen LogP contribution in [-0.4, -0.2) is 0 Å². The summed E-state index contributed by atoms with van der Waals surface area (Å²) in [6.07, 6.45) is 1.50. The molecule has 0 spiro atoms. The second-order valence-corrected chi connectivity index (χ2v) is 3.67. The lowest BCUT2D eigenvalue weighted by molar-refractivity contribution is 0.441. The highest BCUT2D eigenvalue weighted by molar-refractivity contribution is 6.30. The molecule has 1 unspecified atom stereocenters. The number of benzene rings is 1. The minimum atomic E-state index is -0.548. The zero-order valence-electron chi connectivity index (χ0n) is 8.28. The van der Waals surface area contributed by atoms with Crippen molar-refractivity contribution in [2.24, 2.45) is 5.84 Å². The number of hydrogen-bond acceptors (Lipinski definition) is 3. The lowest BCUT2D eigenvalue weighted by Gasteiger charge is -2.14. The predicted octanol–water partition coefficient (Wildman–Crippen LogP) is 2.62. The molecule has 0 saturated carbocycles. The number of rotatable bonds is 3. The fraction of sp³-hybridized carbons (Fsp3) is 0.0909. The normalized spacial score (nSPS) is 12.7. The molecule has 3 N–H and O–H groups in total. The van der Waals surface area contributed by atoms with Crippen LogP contribution in [0.4, 0.5) is 4.39 Å². The number of halogens is 2. The minimum Gasteiger partial charge on any atom is -0.467 e. The van der Waals surface area contributed by atoms with Crippen molar-refractivity contribution in [3.05, 3.63) is 58.8 Å². The van der Waals surface area contributed by atoms with E-state index in [-0.39, 0.29) is 5.02 Å². The molecule has 1 aromatic heterocycles. The molecule has 0 amide bonds. The summed E-state index contributed by atoms with van der Waals surface area (Å²) in [6, 6.07) is 7.62. The Morgan fingerprint density at radius 2 is 2.12 bits per heavy atom. The summed E-state index contributed by atoms with van der Waals surface area (Å²) in [4.78, 5) is 0. The Hall–Kier alpha value is -1.36. The predicted molar refractivity (Wildman–Crippen MR) is 59.3 cm³/mol. The first-order valence-electron chi connectivity index (χ1n) is 4.67. The van der Waals surface area contributed by atoms with Crippen LogP contribution in [-0.2, 0) is 0 Å². The molecule has 0 radical (unpaired) electrons. The fourth-order valence-electron chi connectivity index (χ4n) is 1.52. The first kappa shape index (κ1) is 11.1. The van der Waals surface area contributed by atoms with E-state index in [1.807, 2.05) is 0 Å². The van der Waals surface area contributed by atoms with Gasteiger partial charge in [0.2, 0.25) is 0 Å². The summed E-state index contributed by atoms with van der Waals surface area (Å²) in [5.41, 5.74) is 2.85. The van der Waals surface area contributed by atoms with Gasteiger partial charge < -0.3 is 4.42 Å². The summed E-state index contributed by atoms with van der Waals surface area (Å²) >= 11 is 5.70. The lowest BCUT2D eigenvalue weighted by Crippen LogP contribution is -2.29. The van der Waals surface area contributed by atoms with Crippen LogP contribution in [0.15, 0.2) is 41.0 Å². The first-order chi connectivity index (χ1) is 7.74. The topological polar surface area (TPSA) is 51.2 Å². The van der Waals surface area contributed by atoms with E-state index in [0.29, 0.717) is 11.3 Å². The summed E-state index contributed by atoms with van der Waals surface area (Å²) in [6.45, 7) is 0. The zero-order chi connectivity index (χ0) is 11.5. The molecule has 1 heterocycles. The molecule has 84 valence electrons. The van der Waals surface area contributed by atoms with Gasteiger partial charge in [-0.2, -0.15) is 0 Å². The van der Waals surface area contributed by atoms with Crippen molar-refractivity contribution >= 4 is 11.6 Å². The smallest absolute Gasteiger partial charge is 0.147 e. The van der Waals surface area contributed by atoms with Crippen LogP contribution < -0.4 is 11.3 Å². The monoisotopic (exact) mass is 240 g/mol. The molecule has 0 aliphatic heterocycles. The van der Waals surface area contributed by atoms with Crippen LogP contribution in [0.1, 0.15) is 17.4 Å². The van der Waals surface area contributed by atoms with Crippen LogP contribution in [0.25, 0.3) is 0 Å². The van der Waals surface area contributed by atoms with E-state index in [1.165, 1.54) is 12.3 Å². The van der Waals surface area contributed by atoms with Crippen LogP contribution in [0.2, 0.25) is 5.02 Å². The van der Waals surface area contributed by atoms with E-state index in [1.54, 1.807) is 24.3 Å². The van der Waals surface area contributed by atoms with Gasteiger partial charge in [-0.3, -0.25) is 5.84 Å². The number of nitrogens with one attached hydrogen (secondary N) is 1. The molecule has 1 aromatic carbocycles. The second kappa shape index (κ2) is 4.65. The molecule has 2 aromatic rings. The minimum absolute atomic E-state index is 0.0595. The summed E-state index contributed by atoms with van der Waals surface area (Å²) in [5.74, 6) is 5.43. The number of nitrogens with two attached hydrogens (primary N) is 1. The largest absolute Gasteiger partial charge is 0.467 e. The highest BCUT2D eigenvalue weighted by Gasteiger charge is 2.20. The van der Waals surface area contributed by atoms with Gasteiger partial charge in [0.1, 0.15) is 17.6 Å². The summed E-state index contributed by atoms with van der Waals surface area (Å²) in [7, 11) is 0. The van der Waals surface area contributed by atoms with Gasteiger partial charge in [0.25, 0.3) is 0 Å². The third kappa shape index (κ3) is 1.95. The van der Waals surface area contributed by atoms with Crippen LogP contribution in [0, 0.1) is 5.82 Å². The third-order valence-electron chi connectivity index (χ3n) is 2.29. The zero-order valence-corrected chi connectivity index (χ0v) is 9.04. The van der Waals surface area contributed by atoms with Gasteiger partial charge in [0, 0.05) is 5.56 Å². The number of hydrogen-bond donors (Lipinski definition) is 2. The molecule has 0 bridgehead atoms. The van der Waals surface area contributed by atoms with Crippen molar-refractivity contribution in [2.45, 2.75) is 6.04 Å². The number of hydrazine groups is 1. The van der Waals surface area contributed by atoms with Crippen LogP contribution in [0.5, 0.6) is 0 Å². The highest BCUT2D eigenvalue weighted by Crippen LogP contribution is 2.27. The molecule has 5 heteroatoms. The molecule has 3 nitrogen and oxygen atoms in total. The number of furan rings is 1. The Morgan fingerprint density at radius 3 is 2.75 bits per heavy atom. The fourth-order valence-corrected chi connectivity index (χ4v) is 1.71. The van der Waals surface area contributed by atoms with E-state index >= 15 is 0 Å². The van der Waals surface area contributed by atoms with Crippen LogP contribution >= 0.6 is 11.6 Å². The lowest BCUT2D eigenvalue weighted by atomic mass is 10.0. The molecule has 2 rings (SSSR count). The Bertz CT molecular complexity index is 473. The second-order valence-electron chi connectivity index (χ2n) is 3.26. The molecule has 0 aliphatic carbocycles. The van der Waals surface area contributed by atoms with E-state index in [2.05, 4.69) is 5.43 Å². The highest BCUT2D eigenvalue weighted by atomic mass is 35.5. The van der Waals surface area contributed by atoms with E-state index < -0.39 is 11.9 Å². The third-order valence-corrected chi connectivity index (χ3v) is 2.58. The maximum Gasteiger partial charge on any atom is 0.147 e.